The van der Waals surface area contributed by atoms with Crippen LogP contribution < -0.4 is 0 Å². The van der Waals surface area contributed by atoms with Crippen molar-refractivity contribution in [3.63, 3.8) is 0 Å². The Morgan fingerprint density at radius 1 is 1.50 bits per heavy atom. The Morgan fingerprint density at radius 2 is 2.10 bits per heavy atom. The van der Waals surface area contributed by atoms with Crippen LogP contribution in [0.5, 0.6) is 0 Å². The van der Waals surface area contributed by atoms with Crippen molar-refractivity contribution < 1.29 is 8.78 Å². The lowest BCUT2D eigenvalue weighted by atomic mass is 9.96. The van der Waals surface area contributed by atoms with E-state index in [4.69, 9.17) is 0 Å². The first-order valence-electron chi connectivity index (χ1n) is 3.31. The maximum Gasteiger partial charge on any atom is 0.128 e. The lowest BCUT2D eigenvalue weighted by Gasteiger charge is -2.16. The summed E-state index contributed by atoms with van der Waals surface area (Å²) in [6, 6.07) is 0. The highest BCUT2D eigenvalue weighted by molar-refractivity contribution is 5.27. The molecular weight excluding hydrogens is 134 g/mol. The molecule has 2 heteroatoms. The average Bonchev–Trinajstić information content (AvgIpc) is 1.82. The largest absolute Gasteiger partial charge is 0.242 e. The van der Waals surface area contributed by atoms with E-state index in [1.165, 1.54) is 12.2 Å². The van der Waals surface area contributed by atoms with Gasteiger partial charge in [0.1, 0.15) is 12.0 Å². The minimum atomic E-state index is -1.15. The monoisotopic (exact) mass is 144 g/mol. The molecule has 0 radical (unpaired) electrons. The van der Waals surface area contributed by atoms with E-state index in [0.29, 0.717) is 5.57 Å². The summed E-state index contributed by atoms with van der Waals surface area (Å²) in [4.78, 5) is 0. The molecule has 1 unspecified atom stereocenters. The van der Waals surface area contributed by atoms with Crippen LogP contribution in [0.25, 0.3) is 0 Å². The number of hydrogen-bond donors (Lipinski definition) is 0. The summed E-state index contributed by atoms with van der Waals surface area (Å²) in [6.07, 6.45) is 1.67. The van der Waals surface area contributed by atoms with Crippen molar-refractivity contribution in [2.45, 2.75) is 20.0 Å². The van der Waals surface area contributed by atoms with Gasteiger partial charge in [0.15, 0.2) is 0 Å². The number of rotatable bonds is 0. The summed E-state index contributed by atoms with van der Waals surface area (Å²) in [5.41, 5.74) is 0.670. The zero-order valence-corrected chi connectivity index (χ0v) is 6.07. The molecule has 0 heterocycles. The van der Waals surface area contributed by atoms with E-state index in [1.54, 1.807) is 13.8 Å². The van der Waals surface area contributed by atoms with Gasteiger partial charge in [-0.25, -0.2) is 8.78 Å². The lowest BCUT2D eigenvalue weighted by Crippen LogP contribution is -2.14. The number of allylic oxidation sites excluding steroid dienone is 4. The normalized spacial score (nSPS) is 33.2. The van der Waals surface area contributed by atoms with Crippen LogP contribution >= 0.6 is 0 Å². The van der Waals surface area contributed by atoms with E-state index in [2.05, 4.69) is 0 Å². The molecule has 56 valence electrons. The molecule has 0 saturated carbocycles. The maximum atomic E-state index is 12.7. The van der Waals surface area contributed by atoms with E-state index in [1.807, 2.05) is 0 Å². The Hall–Kier alpha value is -0.660. The fourth-order valence-corrected chi connectivity index (χ4v) is 0.945. The first-order chi connectivity index (χ1) is 4.61. The highest BCUT2D eigenvalue weighted by Crippen LogP contribution is 2.26. The van der Waals surface area contributed by atoms with Crippen LogP contribution in [-0.4, -0.2) is 6.17 Å². The third-order valence-corrected chi connectivity index (χ3v) is 1.70. The van der Waals surface area contributed by atoms with Crippen LogP contribution in [0.4, 0.5) is 8.78 Å². The summed E-state index contributed by atoms with van der Waals surface area (Å²) < 4.78 is 25.4. The van der Waals surface area contributed by atoms with Crippen molar-refractivity contribution in [1.82, 2.24) is 0 Å². The summed E-state index contributed by atoms with van der Waals surface area (Å²) in [5.74, 6) is -0.948. The van der Waals surface area contributed by atoms with Crippen molar-refractivity contribution in [3.8, 4) is 0 Å². The SMILES string of the molecule is CC1=C[C@H](F)C(C)C(F)=C1. The zero-order chi connectivity index (χ0) is 7.72. The van der Waals surface area contributed by atoms with Gasteiger partial charge in [-0.15, -0.1) is 0 Å². The zero-order valence-electron chi connectivity index (χ0n) is 6.07. The Morgan fingerprint density at radius 3 is 2.60 bits per heavy atom. The minimum absolute atomic E-state index is 0.354. The van der Waals surface area contributed by atoms with Crippen molar-refractivity contribution in [2.24, 2.45) is 5.92 Å². The second kappa shape index (κ2) is 2.52. The van der Waals surface area contributed by atoms with Gasteiger partial charge in [-0.1, -0.05) is 6.92 Å². The van der Waals surface area contributed by atoms with Gasteiger partial charge < -0.3 is 0 Å². The lowest BCUT2D eigenvalue weighted by molar-refractivity contribution is 0.289. The van der Waals surface area contributed by atoms with Gasteiger partial charge in [-0.2, -0.15) is 0 Å². The molecule has 0 fully saturated rings. The quantitative estimate of drug-likeness (QED) is 0.490. The third-order valence-electron chi connectivity index (χ3n) is 1.70. The van der Waals surface area contributed by atoms with E-state index in [9.17, 15) is 8.78 Å². The van der Waals surface area contributed by atoms with Crippen molar-refractivity contribution in [2.75, 3.05) is 0 Å². The summed E-state index contributed by atoms with van der Waals surface area (Å²) in [7, 11) is 0. The molecule has 0 bridgehead atoms. The van der Waals surface area contributed by atoms with E-state index < -0.39 is 12.1 Å². The molecule has 0 amide bonds. The highest BCUT2D eigenvalue weighted by Gasteiger charge is 2.21. The summed E-state index contributed by atoms with van der Waals surface area (Å²) in [5, 5.41) is 0. The molecule has 0 spiro atoms. The fraction of sp³-hybridized carbons (Fsp3) is 0.500. The van der Waals surface area contributed by atoms with Gasteiger partial charge >= 0.3 is 0 Å². The molecule has 0 aromatic carbocycles. The van der Waals surface area contributed by atoms with Crippen molar-refractivity contribution in [1.29, 1.82) is 0 Å². The molecule has 0 aromatic heterocycles. The average molecular weight is 144 g/mol. The predicted octanol–water partition coefficient (Wildman–Crippen LogP) is 2.77. The van der Waals surface area contributed by atoms with E-state index in [0.717, 1.165) is 0 Å². The number of alkyl halides is 1. The second-order valence-electron chi connectivity index (χ2n) is 2.67. The number of hydrogen-bond acceptors (Lipinski definition) is 0. The number of halogens is 2. The summed E-state index contributed by atoms with van der Waals surface area (Å²) >= 11 is 0. The van der Waals surface area contributed by atoms with Gasteiger partial charge in [0.2, 0.25) is 0 Å². The van der Waals surface area contributed by atoms with Crippen LogP contribution in [-0.2, 0) is 0 Å². The van der Waals surface area contributed by atoms with E-state index in [-0.39, 0.29) is 5.83 Å². The predicted molar refractivity (Wildman–Crippen MR) is 37.0 cm³/mol. The Labute approximate surface area is 59.2 Å². The van der Waals surface area contributed by atoms with Gasteiger partial charge in [0.25, 0.3) is 0 Å². The van der Waals surface area contributed by atoms with Crippen LogP contribution in [0.2, 0.25) is 0 Å². The Bertz CT molecular complexity index is 191. The van der Waals surface area contributed by atoms with Crippen molar-refractivity contribution in [3.05, 3.63) is 23.6 Å². The molecule has 0 N–H and O–H groups in total. The third kappa shape index (κ3) is 1.25. The smallest absolute Gasteiger partial charge is 0.128 e. The topological polar surface area (TPSA) is 0 Å². The molecule has 0 aliphatic heterocycles. The molecule has 0 saturated heterocycles. The molecule has 2 atom stereocenters. The van der Waals surface area contributed by atoms with Crippen LogP contribution in [0, 0.1) is 5.92 Å². The standard InChI is InChI=1S/C8H10F2/c1-5-3-7(9)6(2)8(10)4-5/h3-4,6-7H,1-2H3/t6?,7-/m0/s1. The second-order valence-corrected chi connectivity index (χ2v) is 2.67. The maximum absolute atomic E-state index is 12.7. The van der Waals surface area contributed by atoms with Gasteiger partial charge in [0.05, 0.1) is 0 Å². The molecule has 0 aromatic rings. The van der Waals surface area contributed by atoms with Gasteiger partial charge in [0, 0.05) is 5.92 Å². The molecule has 1 rings (SSSR count). The van der Waals surface area contributed by atoms with Crippen LogP contribution in [0.15, 0.2) is 23.6 Å². The Balaban J connectivity index is 2.85. The minimum Gasteiger partial charge on any atom is -0.242 e. The van der Waals surface area contributed by atoms with Gasteiger partial charge in [-0.3, -0.25) is 0 Å². The first kappa shape index (κ1) is 7.45. The highest BCUT2D eigenvalue weighted by atomic mass is 19.1. The molecule has 1 aliphatic rings. The van der Waals surface area contributed by atoms with Crippen LogP contribution in [0.1, 0.15) is 13.8 Å². The fourth-order valence-electron chi connectivity index (χ4n) is 0.945. The first-order valence-corrected chi connectivity index (χ1v) is 3.31. The Kier molecular flexibility index (Phi) is 1.88. The molecule has 1 aliphatic carbocycles. The van der Waals surface area contributed by atoms with Crippen molar-refractivity contribution >= 4 is 0 Å². The van der Waals surface area contributed by atoms with Gasteiger partial charge in [-0.05, 0) is 24.6 Å². The summed E-state index contributed by atoms with van der Waals surface area (Å²) in [6.45, 7) is 3.23. The molecule has 0 nitrogen and oxygen atoms in total. The van der Waals surface area contributed by atoms with E-state index >= 15 is 0 Å². The molecular formula is C8H10F2. The van der Waals surface area contributed by atoms with Crippen LogP contribution in [0.3, 0.4) is 0 Å². The molecule has 10 heavy (non-hydrogen) atoms.